The van der Waals surface area contributed by atoms with Crippen molar-refractivity contribution < 1.29 is 9.90 Å². The number of aryl methyl sites for hydroxylation is 1. The molecular weight excluding hydrogens is 252 g/mol. The van der Waals surface area contributed by atoms with E-state index in [1.165, 1.54) is 0 Å². The smallest absolute Gasteiger partial charge is 0.252 e. The molecule has 0 unspecified atom stereocenters. The summed E-state index contributed by atoms with van der Waals surface area (Å²) in [6.07, 6.45) is 0. The summed E-state index contributed by atoms with van der Waals surface area (Å²) in [7, 11) is 0. The Kier molecular flexibility index (Phi) is 4.38. The van der Waals surface area contributed by atoms with E-state index in [-0.39, 0.29) is 12.5 Å². The van der Waals surface area contributed by atoms with Gasteiger partial charge in [-0.3, -0.25) is 4.79 Å². The van der Waals surface area contributed by atoms with E-state index in [0.717, 1.165) is 11.1 Å². The number of aliphatic hydroxyl groups is 1. The number of hydrogen-bond donors (Lipinski definition) is 3. The van der Waals surface area contributed by atoms with Crippen LogP contribution in [0.3, 0.4) is 0 Å². The maximum absolute atomic E-state index is 12.3. The summed E-state index contributed by atoms with van der Waals surface area (Å²) in [5.41, 5.74) is 8.49. The van der Waals surface area contributed by atoms with Crippen LogP contribution in [0.5, 0.6) is 0 Å². The molecule has 0 saturated carbocycles. The van der Waals surface area contributed by atoms with Crippen molar-refractivity contribution in [3.63, 3.8) is 0 Å². The highest BCUT2D eigenvalue weighted by Gasteiger charge is 2.16. The van der Waals surface area contributed by atoms with E-state index >= 15 is 0 Å². The largest absolute Gasteiger partial charge is 0.399 e. The molecule has 0 aromatic heterocycles. The number of nitrogens with two attached hydrogens (primary N) is 1. The van der Waals surface area contributed by atoms with Gasteiger partial charge in [0.25, 0.3) is 5.91 Å². The van der Waals surface area contributed by atoms with Gasteiger partial charge in [0.05, 0.1) is 12.6 Å². The molecule has 2 aromatic carbocycles. The molecule has 0 saturated heterocycles. The molecule has 0 spiro atoms. The van der Waals surface area contributed by atoms with Crippen molar-refractivity contribution in [2.45, 2.75) is 13.0 Å². The summed E-state index contributed by atoms with van der Waals surface area (Å²) in [4.78, 5) is 12.3. The molecule has 0 aliphatic rings. The van der Waals surface area contributed by atoms with Gasteiger partial charge in [-0.1, -0.05) is 36.4 Å². The van der Waals surface area contributed by atoms with Gasteiger partial charge in [-0.25, -0.2) is 0 Å². The minimum Gasteiger partial charge on any atom is -0.399 e. The normalized spacial score (nSPS) is 11.9. The van der Waals surface area contributed by atoms with Gasteiger partial charge in [-0.2, -0.15) is 0 Å². The summed E-state index contributed by atoms with van der Waals surface area (Å²) in [5.74, 6) is -0.238. The zero-order valence-electron chi connectivity index (χ0n) is 11.3. The second kappa shape index (κ2) is 6.21. The molecule has 0 aliphatic heterocycles. The number of anilines is 1. The van der Waals surface area contributed by atoms with E-state index in [4.69, 9.17) is 5.73 Å². The Balaban J connectivity index is 2.20. The first-order chi connectivity index (χ1) is 9.61. The second-order valence-corrected chi connectivity index (χ2v) is 4.69. The number of rotatable bonds is 4. The van der Waals surface area contributed by atoms with Gasteiger partial charge < -0.3 is 16.2 Å². The molecule has 4 N–H and O–H groups in total. The Morgan fingerprint density at radius 2 is 1.95 bits per heavy atom. The number of nitrogens with one attached hydrogen (secondary N) is 1. The number of nitrogen functional groups attached to an aromatic ring is 1. The predicted octanol–water partition coefficient (Wildman–Crippen LogP) is 2.04. The van der Waals surface area contributed by atoms with Crippen LogP contribution in [0.15, 0.2) is 48.5 Å². The third-order valence-electron chi connectivity index (χ3n) is 3.20. The van der Waals surface area contributed by atoms with Crippen molar-refractivity contribution in [2.75, 3.05) is 12.3 Å². The first-order valence-corrected chi connectivity index (χ1v) is 6.44. The lowest BCUT2D eigenvalue weighted by molar-refractivity contribution is 0.0915. The van der Waals surface area contributed by atoms with E-state index in [1.54, 1.807) is 18.2 Å². The Bertz CT molecular complexity index is 597. The van der Waals surface area contributed by atoms with Crippen LogP contribution in [0.1, 0.15) is 27.5 Å². The van der Waals surface area contributed by atoms with Gasteiger partial charge in [0, 0.05) is 11.3 Å². The highest BCUT2D eigenvalue weighted by molar-refractivity contribution is 5.96. The third kappa shape index (κ3) is 3.16. The van der Waals surface area contributed by atoms with Crippen molar-refractivity contribution in [1.29, 1.82) is 0 Å². The lowest BCUT2D eigenvalue weighted by Crippen LogP contribution is -2.31. The Labute approximate surface area is 118 Å². The average molecular weight is 270 g/mol. The first kappa shape index (κ1) is 14.1. The summed E-state index contributed by atoms with van der Waals surface area (Å²) in [6.45, 7) is 1.70. The van der Waals surface area contributed by atoms with Gasteiger partial charge >= 0.3 is 0 Å². The molecule has 0 radical (unpaired) electrons. The monoisotopic (exact) mass is 270 g/mol. The minimum absolute atomic E-state index is 0.156. The number of benzene rings is 2. The van der Waals surface area contributed by atoms with Crippen molar-refractivity contribution in [1.82, 2.24) is 5.32 Å². The lowest BCUT2D eigenvalue weighted by atomic mass is 10.0. The zero-order valence-corrected chi connectivity index (χ0v) is 11.3. The molecule has 1 amide bonds. The van der Waals surface area contributed by atoms with Gasteiger partial charge in [-0.15, -0.1) is 0 Å². The highest BCUT2D eigenvalue weighted by Crippen LogP contribution is 2.16. The number of carbonyl (C=O) groups is 1. The Hall–Kier alpha value is -2.33. The fourth-order valence-corrected chi connectivity index (χ4v) is 2.04. The highest BCUT2D eigenvalue weighted by atomic mass is 16.3. The maximum atomic E-state index is 12.3. The molecule has 0 bridgehead atoms. The maximum Gasteiger partial charge on any atom is 0.252 e. The van der Waals surface area contributed by atoms with Crippen molar-refractivity contribution in [3.8, 4) is 0 Å². The molecule has 0 aliphatic carbocycles. The molecule has 2 rings (SSSR count). The molecule has 4 nitrogen and oxygen atoms in total. The molecule has 4 heteroatoms. The van der Waals surface area contributed by atoms with E-state index in [1.807, 2.05) is 37.3 Å². The van der Waals surface area contributed by atoms with Gasteiger partial charge in [0.2, 0.25) is 0 Å². The quantitative estimate of drug-likeness (QED) is 0.744. The standard InChI is InChI=1S/C16H18N2O2/c1-11-7-8-13(17)9-14(11)16(20)18-15(10-19)12-5-3-2-4-6-12/h2-9,15,19H,10,17H2,1H3,(H,18,20)/t15-/m0/s1. The van der Waals surface area contributed by atoms with Crippen LogP contribution in [-0.2, 0) is 0 Å². The Morgan fingerprint density at radius 3 is 2.60 bits per heavy atom. The number of aliphatic hydroxyl groups excluding tert-OH is 1. The Morgan fingerprint density at radius 1 is 1.25 bits per heavy atom. The molecular formula is C16H18N2O2. The van der Waals surface area contributed by atoms with Crippen LogP contribution in [-0.4, -0.2) is 17.6 Å². The van der Waals surface area contributed by atoms with E-state index < -0.39 is 6.04 Å². The summed E-state index contributed by atoms with van der Waals surface area (Å²) < 4.78 is 0. The van der Waals surface area contributed by atoms with E-state index in [0.29, 0.717) is 11.3 Å². The van der Waals surface area contributed by atoms with Gasteiger partial charge in [0.15, 0.2) is 0 Å². The predicted molar refractivity (Wildman–Crippen MR) is 79.3 cm³/mol. The minimum atomic E-state index is -0.426. The first-order valence-electron chi connectivity index (χ1n) is 6.44. The van der Waals surface area contributed by atoms with Crippen LogP contribution in [0.25, 0.3) is 0 Å². The number of hydrogen-bond acceptors (Lipinski definition) is 3. The van der Waals surface area contributed by atoms with Crippen LogP contribution in [0.2, 0.25) is 0 Å². The number of carbonyl (C=O) groups excluding carboxylic acids is 1. The van der Waals surface area contributed by atoms with Crippen molar-refractivity contribution in [3.05, 3.63) is 65.2 Å². The molecule has 0 fully saturated rings. The molecule has 2 aromatic rings. The molecule has 104 valence electrons. The van der Waals surface area contributed by atoms with Crippen LogP contribution in [0, 0.1) is 6.92 Å². The third-order valence-corrected chi connectivity index (χ3v) is 3.20. The SMILES string of the molecule is Cc1ccc(N)cc1C(=O)N[C@@H](CO)c1ccccc1. The van der Waals surface area contributed by atoms with Crippen LogP contribution in [0.4, 0.5) is 5.69 Å². The fraction of sp³-hybridized carbons (Fsp3) is 0.188. The van der Waals surface area contributed by atoms with Crippen LogP contribution >= 0.6 is 0 Å². The zero-order chi connectivity index (χ0) is 14.5. The molecule has 0 heterocycles. The fourth-order valence-electron chi connectivity index (χ4n) is 2.04. The molecule has 1 atom stereocenters. The van der Waals surface area contributed by atoms with E-state index in [2.05, 4.69) is 5.32 Å². The van der Waals surface area contributed by atoms with Crippen molar-refractivity contribution in [2.24, 2.45) is 0 Å². The van der Waals surface area contributed by atoms with Crippen molar-refractivity contribution >= 4 is 11.6 Å². The van der Waals surface area contributed by atoms with E-state index in [9.17, 15) is 9.90 Å². The van der Waals surface area contributed by atoms with Gasteiger partial charge in [-0.05, 0) is 30.2 Å². The topological polar surface area (TPSA) is 75.4 Å². The lowest BCUT2D eigenvalue weighted by Gasteiger charge is -2.17. The average Bonchev–Trinajstić information content (AvgIpc) is 2.48. The molecule has 20 heavy (non-hydrogen) atoms. The summed E-state index contributed by atoms with van der Waals surface area (Å²) in [6, 6.07) is 14.1. The summed E-state index contributed by atoms with van der Waals surface area (Å²) >= 11 is 0. The van der Waals surface area contributed by atoms with Crippen LogP contribution < -0.4 is 11.1 Å². The summed E-state index contributed by atoms with van der Waals surface area (Å²) in [5, 5.41) is 12.3. The van der Waals surface area contributed by atoms with Gasteiger partial charge in [0.1, 0.15) is 0 Å². The number of amides is 1. The second-order valence-electron chi connectivity index (χ2n) is 4.69.